The molecule has 0 bridgehead atoms. The highest BCUT2D eigenvalue weighted by molar-refractivity contribution is 7.51. The van der Waals surface area contributed by atoms with Crippen LogP contribution in [0, 0.1) is 0 Å². The van der Waals surface area contributed by atoms with Crippen LogP contribution in [0.15, 0.2) is 0 Å². The second kappa shape index (κ2) is 9.69. The van der Waals surface area contributed by atoms with Gasteiger partial charge in [-0.2, -0.15) is 0 Å². The Labute approximate surface area is 110 Å². The summed E-state index contributed by atoms with van der Waals surface area (Å²) in [7, 11) is -4.10. The van der Waals surface area contributed by atoms with Gasteiger partial charge in [-0.25, -0.2) is 26.8 Å². The predicted molar refractivity (Wildman–Crippen MR) is 63.7 cm³/mol. The summed E-state index contributed by atoms with van der Waals surface area (Å²) in [4.78, 5) is 0. The number of alkyl halides is 4. The molecule has 19 heavy (non-hydrogen) atoms. The van der Waals surface area contributed by atoms with E-state index in [1.54, 1.807) is 13.8 Å². The van der Waals surface area contributed by atoms with E-state index in [1.807, 2.05) is 0 Å². The van der Waals surface area contributed by atoms with E-state index >= 15 is 0 Å². The lowest BCUT2D eigenvalue weighted by molar-refractivity contribution is 0.0334. The first-order valence-electron chi connectivity index (χ1n) is 6.06. The van der Waals surface area contributed by atoms with Crippen molar-refractivity contribution in [1.29, 1.82) is 0 Å². The summed E-state index contributed by atoms with van der Waals surface area (Å²) in [6.45, 7) is 1.88. The summed E-state index contributed by atoms with van der Waals surface area (Å²) in [5.74, 6) is 0. The lowest BCUT2D eigenvalue weighted by Gasteiger charge is -2.29. The van der Waals surface area contributed by atoms with Gasteiger partial charge in [0.05, 0.1) is 0 Å². The largest absolute Gasteiger partial charge is 0.408 e. The summed E-state index contributed by atoms with van der Waals surface area (Å²) in [6.07, 6.45) is -4.54. The number of rotatable bonds is 11. The van der Waals surface area contributed by atoms with Crippen molar-refractivity contribution in [3.63, 3.8) is 0 Å². The van der Waals surface area contributed by atoms with Crippen molar-refractivity contribution in [2.75, 3.05) is 26.3 Å². The molecule has 0 aliphatic rings. The highest BCUT2D eigenvalue weighted by atomic mass is 31.2. The van der Waals surface area contributed by atoms with Gasteiger partial charge in [0.1, 0.15) is 13.2 Å². The first kappa shape index (κ1) is 18.8. The minimum absolute atomic E-state index is 0.262. The van der Waals surface area contributed by atoms with Crippen molar-refractivity contribution in [1.82, 2.24) is 4.67 Å². The lowest BCUT2D eigenvalue weighted by Crippen LogP contribution is -2.27. The molecule has 0 atom stereocenters. The zero-order chi connectivity index (χ0) is 14.9. The second-order valence-corrected chi connectivity index (χ2v) is 5.82. The molecule has 0 N–H and O–H groups in total. The fraction of sp³-hybridized carbons (Fsp3) is 1.00. The topological polar surface area (TPSA) is 38.8 Å². The Morgan fingerprint density at radius 2 is 1.32 bits per heavy atom. The zero-order valence-corrected chi connectivity index (χ0v) is 11.9. The van der Waals surface area contributed by atoms with E-state index in [0.717, 1.165) is 0 Å². The molecule has 0 saturated carbocycles. The fourth-order valence-corrected chi connectivity index (χ4v) is 3.27. The van der Waals surface area contributed by atoms with Gasteiger partial charge in [0.15, 0.2) is 0 Å². The van der Waals surface area contributed by atoms with Crippen LogP contribution >= 0.6 is 7.75 Å². The Balaban J connectivity index is 4.80. The Morgan fingerprint density at radius 3 is 1.58 bits per heavy atom. The Kier molecular flexibility index (Phi) is 9.60. The maximum Gasteiger partial charge on any atom is 0.408 e. The number of nitrogens with zero attached hydrogens (tertiary/aromatic N) is 1. The summed E-state index contributed by atoms with van der Waals surface area (Å²) in [6, 6.07) is 0. The summed E-state index contributed by atoms with van der Waals surface area (Å²) < 4.78 is 71.2. The quantitative estimate of drug-likeness (QED) is 0.430. The lowest BCUT2D eigenvalue weighted by atomic mass is 10.4. The standard InChI is InChI=1S/C10H20F4NO3P/c1-3-5-15(6-4-2)19(16,17-7-9(11)12)18-8-10(13)14/h9-10H,3-8H2,1-2H3. The van der Waals surface area contributed by atoms with Crippen molar-refractivity contribution in [3.8, 4) is 0 Å². The monoisotopic (exact) mass is 309 g/mol. The molecule has 116 valence electrons. The van der Waals surface area contributed by atoms with Gasteiger partial charge in [-0.1, -0.05) is 13.8 Å². The van der Waals surface area contributed by atoms with Crippen molar-refractivity contribution < 1.29 is 31.2 Å². The normalized spacial score (nSPS) is 12.9. The van der Waals surface area contributed by atoms with Crippen LogP contribution in [0.5, 0.6) is 0 Å². The Hall–Kier alpha value is -0.170. The van der Waals surface area contributed by atoms with Crippen molar-refractivity contribution >= 4 is 7.75 Å². The number of hydrogen-bond acceptors (Lipinski definition) is 3. The van der Waals surface area contributed by atoms with Crippen LogP contribution in [-0.2, 0) is 13.6 Å². The number of halogens is 4. The van der Waals surface area contributed by atoms with Crippen LogP contribution in [0.3, 0.4) is 0 Å². The molecule has 9 heteroatoms. The Morgan fingerprint density at radius 1 is 0.947 bits per heavy atom. The van der Waals surface area contributed by atoms with Crippen LogP contribution in [0.25, 0.3) is 0 Å². The van der Waals surface area contributed by atoms with Gasteiger partial charge in [0.25, 0.3) is 12.9 Å². The van der Waals surface area contributed by atoms with Gasteiger partial charge < -0.3 is 0 Å². The molecule has 0 heterocycles. The first-order chi connectivity index (χ1) is 8.85. The van der Waals surface area contributed by atoms with Gasteiger partial charge in [0, 0.05) is 13.1 Å². The maximum atomic E-state index is 12.3. The molecular weight excluding hydrogens is 289 g/mol. The number of hydrogen-bond donors (Lipinski definition) is 0. The van der Waals surface area contributed by atoms with E-state index in [1.165, 1.54) is 4.67 Å². The molecule has 0 amide bonds. The van der Waals surface area contributed by atoms with Gasteiger partial charge >= 0.3 is 7.75 Å². The SMILES string of the molecule is CCCN(CCC)P(=O)(OCC(F)F)OCC(F)F. The highest BCUT2D eigenvalue weighted by Gasteiger charge is 2.34. The van der Waals surface area contributed by atoms with E-state index in [-0.39, 0.29) is 13.1 Å². The predicted octanol–water partition coefficient (Wildman–Crippen LogP) is 3.78. The van der Waals surface area contributed by atoms with E-state index in [0.29, 0.717) is 12.8 Å². The summed E-state index contributed by atoms with van der Waals surface area (Å²) >= 11 is 0. The molecule has 0 spiro atoms. The average molecular weight is 309 g/mol. The van der Waals surface area contributed by atoms with Crippen molar-refractivity contribution in [2.24, 2.45) is 0 Å². The molecule has 0 fully saturated rings. The van der Waals surface area contributed by atoms with E-state index in [2.05, 4.69) is 9.05 Å². The molecule has 0 rings (SSSR count). The van der Waals surface area contributed by atoms with Crippen LogP contribution in [0.2, 0.25) is 0 Å². The maximum absolute atomic E-state index is 12.3. The van der Waals surface area contributed by atoms with Crippen LogP contribution in [-0.4, -0.2) is 43.8 Å². The van der Waals surface area contributed by atoms with E-state index in [4.69, 9.17) is 0 Å². The molecule has 0 radical (unpaired) electrons. The minimum atomic E-state index is -4.10. The van der Waals surface area contributed by atoms with Crippen LogP contribution in [0.4, 0.5) is 17.6 Å². The molecule has 0 aromatic heterocycles. The molecular formula is C10H20F4NO3P. The van der Waals surface area contributed by atoms with E-state index < -0.39 is 33.8 Å². The molecule has 0 aromatic rings. The second-order valence-electron chi connectivity index (χ2n) is 3.80. The average Bonchev–Trinajstić information content (AvgIpc) is 2.33. The van der Waals surface area contributed by atoms with Gasteiger partial charge in [0.2, 0.25) is 0 Å². The smallest absolute Gasteiger partial charge is 0.291 e. The first-order valence-corrected chi connectivity index (χ1v) is 7.56. The van der Waals surface area contributed by atoms with Crippen molar-refractivity contribution in [3.05, 3.63) is 0 Å². The van der Waals surface area contributed by atoms with Gasteiger partial charge in [-0.15, -0.1) is 0 Å². The highest BCUT2D eigenvalue weighted by Crippen LogP contribution is 2.52. The van der Waals surface area contributed by atoms with Crippen molar-refractivity contribution in [2.45, 2.75) is 39.5 Å². The zero-order valence-electron chi connectivity index (χ0n) is 11.0. The summed E-state index contributed by atoms with van der Waals surface area (Å²) in [5, 5.41) is 0. The van der Waals surface area contributed by atoms with Crippen LogP contribution in [0.1, 0.15) is 26.7 Å². The Bertz CT molecular complexity index is 260. The molecule has 0 aromatic carbocycles. The molecule has 0 aliphatic heterocycles. The molecule has 0 unspecified atom stereocenters. The van der Waals surface area contributed by atoms with Crippen LogP contribution < -0.4 is 0 Å². The van der Waals surface area contributed by atoms with E-state index in [9.17, 15) is 22.1 Å². The summed E-state index contributed by atoms with van der Waals surface area (Å²) in [5.41, 5.74) is 0. The third kappa shape index (κ3) is 7.87. The minimum Gasteiger partial charge on any atom is -0.291 e. The molecule has 4 nitrogen and oxygen atoms in total. The van der Waals surface area contributed by atoms with Gasteiger partial charge in [-0.05, 0) is 12.8 Å². The third-order valence-corrected chi connectivity index (χ3v) is 4.08. The molecule has 0 saturated heterocycles. The third-order valence-electron chi connectivity index (χ3n) is 2.04. The van der Waals surface area contributed by atoms with Gasteiger partial charge in [-0.3, -0.25) is 9.05 Å². The fourth-order valence-electron chi connectivity index (χ4n) is 1.37. The molecule has 0 aliphatic carbocycles.